The van der Waals surface area contributed by atoms with E-state index in [1.807, 2.05) is 0 Å². The second kappa shape index (κ2) is 8.46. The molecule has 0 aromatic carbocycles. The van der Waals surface area contributed by atoms with Crippen LogP contribution in [0.25, 0.3) is 0 Å². The van der Waals surface area contributed by atoms with E-state index in [2.05, 4.69) is 32.1 Å². The van der Waals surface area contributed by atoms with Gasteiger partial charge in [-0.25, -0.2) is 0 Å². The van der Waals surface area contributed by atoms with Crippen LogP contribution in [0.4, 0.5) is 0 Å². The normalized spacial score (nSPS) is 34.7. The molecular formula is C22H32O3. The Labute approximate surface area is 151 Å². The fourth-order valence-corrected chi connectivity index (χ4v) is 4.49. The van der Waals surface area contributed by atoms with E-state index in [1.165, 1.54) is 37.7 Å². The van der Waals surface area contributed by atoms with Gasteiger partial charge in [0.25, 0.3) is 0 Å². The van der Waals surface area contributed by atoms with Gasteiger partial charge in [0.15, 0.2) is 5.78 Å². The molecule has 3 nitrogen and oxygen atoms in total. The molecule has 0 radical (unpaired) electrons. The monoisotopic (exact) mass is 344 g/mol. The van der Waals surface area contributed by atoms with Crippen molar-refractivity contribution >= 4 is 5.78 Å². The summed E-state index contributed by atoms with van der Waals surface area (Å²) in [5.41, 5.74) is 2.31. The molecule has 1 heterocycles. The summed E-state index contributed by atoms with van der Waals surface area (Å²) in [4.78, 5) is 12.5. The average molecular weight is 344 g/mol. The van der Waals surface area contributed by atoms with Crippen molar-refractivity contribution in [3.05, 3.63) is 35.5 Å². The van der Waals surface area contributed by atoms with E-state index in [0.29, 0.717) is 6.42 Å². The molecule has 0 aromatic heterocycles. The van der Waals surface area contributed by atoms with Gasteiger partial charge in [0.2, 0.25) is 0 Å². The Bertz CT molecular complexity index is 572. The lowest BCUT2D eigenvalue weighted by Gasteiger charge is -2.38. The standard InChI is InChI=1S/C22H32O3/c1-3-4-5-6-7-8-9-10-21-15(2)11-19-18-14-17(23)12-16(18)13-20(24)22(19)25-21/h9-11,13,17-19,21-23H,3-8,12,14H2,1-2H3/b10-9+/t17-,18-,19+,21+,22-/m0/s1. The zero-order chi connectivity index (χ0) is 17.8. The lowest BCUT2D eigenvalue weighted by atomic mass is 9.75. The largest absolute Gasteiger partial charge is 0.393 e. The van der Waals surface area contributed by atoms with E-state index in [0.717, 1.165) is 18.4 Å². The molecule has 2 aliphatic carbocycles. The van der Waals surface area contributed by atoms with E-state index >= 15 is 0 Å². The molecule has 138 valence electrons. The number of ether oxygens (including phenoxy) is 1. The first-order valence-electron chi connectivity index (χ1n) is 10.0. The number of allylic oxidation sites excluding steroid dienone is 1. The van der Waals surface area contributed by atoms with Gasteiger partial charge >= 0.3 is 0 Å². The third kappa shape index (κ3) is 4.32. The predicted molar refractivity (Wildman–Crippen MR) is 100 cm³/mol. The van der Waals surface area contributed by atoms with Gasteiger partial charge in [0.1, 0.15) is 6.10 Å². The number of hydrogen-bond donors (Lipinski definition) is 1. The smallest absolute Gasteiger partial charge is 0.185 e. The first-order chi connectivity index (χ1) is 12.1. The molecule has 0 bridgehead atoms. The van der Waals surface area contributed by atoms with Gasteiger partial charge in [0.05, 0.1) is 12.2 Å². The Hall–Kier alpha value is -1.19. The van der Waals surface area contributed by atoms with E-state index in [4.69, 9.17) is 4.74 Å². The maximum absolute atomic E-state index is 12.5. The summed E-state index contributed by atoms with van der Waals surface area (Å²) in [5, 5.41) is 9.95. The van der Waals surface area contributed by atoms with Crippen molar-refractivity contribution in [2.24, 2.45) is 11.8 Å². The second-order valence-corrected chi connectivity index (χ2v) is 7.92. The van der Waals surface area contributed by atoms with Crippen LogP contribution in [0.2, 0.25) is 0 Å². The van der Waals surface area contributed by atoms with Crippen molar-refractivity contribution < 1.29 is 14.6 Å². The van der Waals surface area contributed by atoms with Gasteiger partial charge in [-0.3, -0.25) is 4.79 Å². The maximum Gasteiger partial charge on any atom is 0.185 e. The van der Waals surface area contributed by atoms with Gasteiger partial charge in [0, 0.05) is 5.92 Å². The molecule has 0 unspecified atom stereocenters. The number of rotatable bonds is 7. The molecule has 0 saturated heterocycles. The number of carbonyl (C=O) groups is 1. The van der Waals surface area contributed by atoms with Gasteiger partial charge in [-0.05, 0) is 50.2 Å². The fraction of sp³-hybridized carbons (Fsp3) is 0.682. The third-order valence-corrected chi connectivity index (χ3v) is 5.88. The van der Waals surface area contributed by atoms with Crippen molar-refractivity contribution in [1.29, 1.82) is 0 Å². The molecule has 1 aliphatic heterocycles. The molecule has 0 spiro atoms. The minimum Gasteiger partial charge on any atom is -0.393 e. The number of carbonyl (C=O) groups excluding carboxylic acids is 1. The summed E-state index contributed by atoms with van der Waals surface area (Å²) < 4.78 is 6.17. The van der Waals surface area contributed by atoms with Crippen LogP contribution in [-0.2, 0) is 9.53 Å². The van der Waals surface area contributed by atoms with Crippen molar-refractivity contribution in [3.8, 4) is 0 Å². The first kappa shape index (κ1) is 18.6. The number of aliphatic hydroxyl groups excluding tert-OH is 1. The van der Waals surface area contributed by atoms with E-state index in [9.17, 15) is 9.90 Å². The van der Waals surface area contributed by atoms with Crippen LogP contribution in [0.3, 0.4) is 0 Å². The average Bonchev–Trinajstić information content (AvgIpc) is 2.95. The minimum atomic E-state index is -0.373. The molecule has 1 fully saturated rings. The predicted octanol–water partition coefficient (Wildman–Crippen LogP) is 4.51. The van der Waals surface area contributed by atoms with Crippen LogP contribution in [0.5, 0.6) is 0 Å². The van der Waals surface area contributed by atoms with Crippen molar-refractivity contribution in [2.75, 3.05) is 0 Å². The number of hydrogen-bond acceptors (Lipinski definition) is 3. The quantitative estimate of drug-likeness (QED) is 0.546. The van der Waals surface area contributed by atoms with E-state index in [-0.39, 0.29) is 35.9 Å². The van der Waals surface area contributed by atoms with Crippen molar-refractivity contribution in [3.63, 3.8) is 0 Å². The van der Waals surface area contributed by atoms with Crippen molar-refractivity contribution in [2.45, 2.75) is 83.5 Å². The first-order valence-corrected chi connectivity index (χ1v) is 10.0. The SMILES string of the molecule is CCCCCCC/C=C/[C@H]1O[C@@H]2C(=O)C=C3C[C@H](O)C[C@@H]3[C@H]2C=C1C. The van der Waals surface area contributed by atoms with Crippen LogP contribution in [0.15, 0.2) is 35.5 Å². The topological polar surface area (TPSA) is 46.5 Å². The van der Waals surface area contributed by atoms with E-state index < -0.39 is 0 Å². The number of fused-ring (bicyclic) bond motifs is 3. The highest BCUT2D eigenvalue weighted by Crippen LogP contribution is 2.45. The highest BCUT2D eigenvalue weighted by Gasteiger charge is 2.45. The highest BCUT2D eigenvalue weighted by atomic mass is 16.5. The van der Waals surface area contributed by atoms with Crippen LogP contribution in [0, 0.1) is 11.8 Å². The molecule has 25 heavy (non-hydrogen) atoms. The Morgan fingerprint density at radius 2 is 2.08 bits per heavy atom. The van der Waals surface area contributed by atoms with Gasteiger partial charge in [-0.15, -0.1) is 0 Å². The molecule has 3 heteroatoms. The molecule has 3 aliphatic rings. The molecule has 1 N–H and O–H groups in total. The van der Waals surface area contributed by atoms with Gasteiger partial charge < -0.3 is 9.84 Å². The summed E-state index contributed by atoms with van der Waals surface area (Å²) >= 11 is 0. The maximum atomic E-state index is 12.5. The van der Waals surface area contributed by atoms with Gasteiger partial charge in [-0.1, -0.05) is 56.4 Å². The third-order valence-electron chi connectivity index (χ3n) is 5.88. The zero-order valence-electron chi connectivity index (χ0n) is 15.6. The minimum absolute atomic E-state index is 0.0760. The Balaban J connectivity index is 1.58. The number of aliphatic hydroxyl groups is 1. The molecular weight excluding hydrogens is 312 g/mol. The van der Waals surface area contributed by atoms with Crippen LogP contribution < -0.4 is 0 Å². The molecule has 5 atom stereocenters. The molecule has 1 saturated carbocycles. The lowest BCUT2D eigenvalue weighted by Crippen LogP contribution is -2.44. The van der Waals surface area contributed by atoms with Crippen LogP contribution >= 0.6 is 0 Å². The summed E-state index contributed by atoms with van der Waals surface area (Å²) in [5.74, 6) is 0.451. The van der Waals surface area contributed by atoms with Crippen LogP contribution in [0.1, 0.15) is 65.2 Å². The molecule has 0 amide bonds. The van der Waals surface area contributed by atoms with Crippen molar-refractivity contribution in [1.82, 2.24) is 0 Å². The number of ketones is 1. The highest BCUT2D eigenvalue weighted by molar-refractivity contribution is 5.96. The Morgan fingerprint density at radius 3 is 2.88 bits per heavy atom. The second-order valence-electron chi connectivity index (χ2n) is 7.92. The summed E-state index contributed by atoms with van der Waals surface area (Å²) in [7, 11) is 0. The van der Waals surface area contributed by atoms with E-state index in [1.54, 1.807) is 6.08 Å². The zero-order valence-corrected chi connectivity index (χ0v) is 15.6. The molecule has 0 aromatic rings. The summed E-state index contributed by atoms with van der Waals surface area (Å²) in [6.45, 7) is 4.33. The lowest BCUT2D eigenvalue weighted by molar-refractivity contribution is -0.133. The Morgan fingerprint density at radius 1 is 1.28 bits per heavy atom. The molecule has 3 rings (SSSR count). The van der Waals surface area contributed by atoms with Gasteiger partial charge in [-0.2, -0.15) is 0 Å². The Kier molecular flexibility index (Phi) is 6.29. The number of unbranched alkanes of at least 4 members (excludes halogenated alkanes) is 5. The fourth-order valence-electron chi connectivity index (χ4n) is 4.49. The summed E-state index contributed by atoms with van der Waals surface area (Å²) in [6.07, 6.45) is 16.5. The van der Waals surface area contributed by atoms with Crippen LogP contribution in [-0.4, -0.2) is 29.2 Å². The summed E-state index contributed by atoms with van der Waals surface area (Å²) in [6, 6.07) is 0.